The molecule has 0 aromatic heterocycles. The summed E-state index contributed by atoms with van der Waals surface area (Å²) in [7, 11) is 2.72. The maximum absolute atomic E-state index is 11.5. The number of hydrogen-bond acceptors (Lipinski definition) is 5. The van der Waals surface area contributed by atoms with E-state index in [0.29, 0.717) is 0 Å². The molecule has 0 aliphatic rings. The Kier molecular flexibility index (Phi) is 6.80. The van der Waals surface area contributed by atoms with Crippen LogP contribution in [0.1, 0.15) is 27.7 Å². The second-order valence-corrected chi connectivity index (χ2v) is 4.39. The Balaban J connectivity index is 4.70. The van der Waals surface area contributed by atoms with Gasteiger partial charge in [-0.05, 0) is 20.8 Å². The van der Waals surface area contributed by atoms with Crippen LogP contribution < -0.4 is 0 Å². The lowest BCUT2D eigenvalue weighted by molar-refractivity contribution is -0.150. The van der Waals surface area contributed by atoms with E-state index in [4.69, 9.17) is 4.74 Å². The number of carbonyl (C=O) groups excluding carboxylic acids is 2. The summed E-state index contributed by atoms with van der Waals surface area (Å²) in [6, 6.07) is 0.0674. The molecule has 100 valence electrons. The highest BCUT2D eigenvalue weighted by Gasteiger charge is 2.29. The molecule has 0 bridgehead atoms. The maximum atomic E-state index is 11.5. The molecule has 2 unspecified atom stereocenters. The predicted molar refractivity (Wildman–Crippen MR) is 64.5 cm³/mol. The van der Waals surface area contributed by atoms with Crippen molar-refractivity contribution in [3.8, 4) is 0 Å². The number of rotatable bonds is 6. The lowest BCUT2D eigenvalue weighted by Crippen LogP contribution is -2.47. The van der Waals surface area contributed by atoms with Crippen molar-refractivity contribution in [3.05, 3.63) is 0 Å². The van der Waals surface area contributed by atoms with Gasteiger partial charge in [-0.2, -0.15) is 0 Å². The zero-order valence-electron chi connectivity index (χ0n) is 11.5. The molecule has 5 heteroatoms. The minimum Gasteiger partial charge on any atom is -0.469 e. The van der Waals surface area contributed by atoms with Gasteiger partial charge in [0.2, 0.25) is 0 Å². The van der Waals surface area contributed by atoms with Crippen molar-refractivity contribution in [2.24, 2.45) is 5.92 Å². The van der Waals surface area contributed by atoms with Gasteiger partial charge < -0.3 is 9.47 Å². The van der Waals surface area contributed by atoms with Gasteiger partial charge in [0.05, 0.1) is 26.7 Å². The third kappa shape index (κ3) is 4.73. The van der Waals surface area contributed by atoms with E-state index in [1.807, 2.05) is 25.7 Å². The van der Waals surface area contributed by atoms with Crippen LogP contribution >= 0.6 is 0 Å². The number of hydrogen-bond donors (Lipinski definition) is 0. The topological polar surface area (TPSA) is 55.8 Å². The first-order valence-corrected chi connectivity index (χ1v) is 5.75. The lowest BCUT2D eigenvalue weighted by atomic mass is 10.0. The van der Waals surface area contributed by atoms with E-state index in [1.165, 1.54) is 14.2 Å². The zero-order valence-corrected chi connectivity index (χ0v) is 11.5. The van der Waals surface area contributed by atoms with E-state index in [9.17, 15) is 9.59 Å². The van der Waals surface area contributed by atoms with Crippen LogP contribution in [-0.2, 0) is 19.1 Å². The summed E-state index contributed by atoms with van der Waals surface area (Å²) in [5, 5.41) is 0. The normalized spacial score (nSPS) is 14.6. The Labute approximate surface area is 103 Å². The molecule has 0 saturated heterocycles. The van der Waals surface area contributed by atoms with Gasteiger partial charge in [-0.3, -0.25) is 14.5 Å². The SMILES string of the molecule is COC(=O)CN(C(C)C)C(C)C(C)C(=O)OC. The van der Waals surface area contributed by atoms with Crippen molar-refractivity contribution in [2.45, 2.75) is 39.8 Å². The standard InChI is InChI=1S/C12H23NO4/c1-8(2)13(7-11(14)16-5)10(4)9(3)12(15)17-6/h8-10H,7H2,1-6H3. The van der Waals surface area contributed by atoms with E-state index in [0.717, 1.165) is 0 Å². The van der Waals surface area contributed by atoms with E-state index in [-0.39, 0.29) is 36.5 Å². The molecule has 0 aliphatic carbocycles. The van der Waals surface area contributed by atoms with Crippen LogP contribution in [-0.4, -0.2) is 49.7 Å². The molecule has 5 nitrogen and oxygen atoms in total. The fraction of sp³-hybridized carbons (Fsp3) is 0.833. The summed E-state index contributed by atoms with van der Waals surface area (Å²) in [5.74, 6) is -0.859. The first-order valence-electron chi connectivity index (χ1n) is 5.75. The second kappa shape index (κ2) is 7.27. The van der Waals surface area contributed by atoms with Crippen LogP contribution in [0.15, 0.2) is 0 Å². The van der Waals surface area contributed by atoms with Gasteiger partial charge >= 0.3 is 11.9 Å². The number of esters is 2. The molecular weight excluding hydrogens is 222 g/mol. The Morgan fingerprint density at radius 2 is 1.59 bits per heavy atom. The highest BCUT2D eigenvalue weighted by molar-refractivity contribution is 5.73. The second-order valence-electron chi connectivity index (χ2n) is 4.39. The molecule has 0 heterocycles. The van der Waals surface area contributed by atoms with Crippen LogP contribution in [0.2, 0.25) is 0 Å². The molecule has 0 amide bonds. The number of carbonyl (C=O) groups is 2. The fourth-order valence-corrected chi connectivity index (χ4v) is 1.68. The minimum atomic E-state index is -0.303. The van der Waals surface area contributed by atoms with Gasteiger partial charge in [0.15, 0.2) is 0 Å². The van der Waals surface area contributed by atoms with Crippen LogP contribution in [0.4, 0.5) is 0 Å². The van der Waals surface area contributed by atoms with Crippen molar-refractivity contribution >= 4 is 11.9 Å². The van der Waals surface area contributed by atoms with Gasteiger partial charge in [0.1, 0.15) is 0 Å². The molecule has 0 saturated carbocycles. The number of methoxy groups -OCH3 is 2. The summed E-state index contributed by atoms with van der Waals surface area (Å²) in [6.45, 7) is 7.83. The first-order chi connectivity index (χ1) is 7.84. The third-order valence-electron chi connectivity index (χ3n) is 3.02. The van der Waals surface area contributed by atoms with E-state index < -0.39 is 0 Å². The Morgan fingerprint density at radius 1 is 1.06 bits per heavy atom. The third-order valence-corrected chi connectivity index (χ3v) is 3.02. The summed E-state index contributed by atoms with van der Waals surface area (Å²) >= 11 is 0. The monoisotopic (exact) mass is 245 g/mol. The van der Waals surface area contributed by atoms with Crippen LogP contribution in [0, 0.1) is 5.92 Å². The van der Waals surface area contributed by atoms with Gasteiger partial charge in [-0.1, -0.05) is 6.92 Å². The number of nitrogens with zero attached hydrogens (tertiary/aromatic N) is 1. The molecule has 17 heavy (non-hydrogen) atoms. The van der Waals surface area contributed by atoms with Gasteiger partial charge in [0.25, 0.3) is 0 Å². The summed E-state index contributed by atoms with van der Waals surface area (Å²) in [6.07, 6.45) is 0. The quantitative estimate of drug-likeness (QED) is 0.655. The molecule has 0 spiro atoms. The zero-order chi connectivity index (χ0) is 13.6. The predicted octanol–water partition coefficient (Wildman–Crippen LogP) is 1.07. The Hall–Kier alpha value is -1.10. The molecular formula is C12H23NO4. The van der Waals surface area contributed by atoms with Crippen LogP contribution in [0.5, 0.6) is 0 Å². The van der Waals surface area contributed by atoms with E-state index in [1.54, 1.807) is 6.92 Å². The summed E-state index contributed by atoms with van der Waals surface area (Å²) in [4.78, 5) is 24.7. The average molecular weight is 245 g/mol. The maximum Gasteiger partial charge on any atom is 0.319 e. The minimum absolute atomic E-state index is 0.0819. The number of ether oxygens (including phenoxy) is 2. The molecule has 0 aromatic rings. The first kappa shape index (κ1) is 15.9. The average Bonchev–Trinajstić information content (AvgIpc) is 2.32. The van der Waals surface area contributed by atoms with Crippen molar-refractivity contribution in [1.82, 2.24) is 4.90 Å². The highest BCUT2D eigenvalue weighted by Crippen LogP contribution is 2.15. The van der Waals surface area contributed by atoms with E-state index in [2.05, 4.69) is 4.74 Å². The van der Waals surface area contributed by atoms with E-state index >= 15 is 0 Å². The lowest BCUT2D eigenvalue weighted by Gasteiger charge is -2.34. The van der Waals surface area contributed by atoms with Gasteiger partial charge in [-0.15, -0.1) is 0 Å². The Morgan fingerprint density at radius 3 is 1.94 bits per heavy atom. The molecule has 0 aromatic carbocycles. The summed E-state index contributed by atoms with van der Waals surface area (Å²) < 4.78 is 9.36. The smallest absolute Gasteiger partial charge is 0.319 e. The van der Waals surface area contributed by atoms with Gasteiger partial charge in [-0.25, -0.2) is 0 Å². The van der Waals surface area contributed by atoms with Crippen molar-refractivity contribution in [2.75, 3.05) is 20.8 Å². The molecule has 0 N–H and O–H groups in total. The molecule has 2 atom stereocenters. The molecule has 0 rings (SSSR count). The molecule has 0 aliphatic heterocycles. The molecule has 0 radical (unpaired) electrons. The Bertz CT molecular complexity index is 265. The summed E-state index contributed by atoms with van der Waals surface area (Å²) in [5.41, 5.74) is 0. The van der Waals surface area contributed by atoms with Crippen LogP contribution in [0.3, 0.4) is 0 Å². The highest BCUT2D eigenvalue weighted by atomic mass is 16.5. The van der Waals surface area contributed by atoms with Crippen LogP contribution in [0.25, 0.3) is 0 Å². The van der Waals surface area contributed by atoms with Crippen molar-refractivity contribution < 1.29 is 19.1 Å². The van der Waals surface area contributed by atoms with Crippen molar-refractivity contribution in [3.63, 3.8) is 0 Å². The molecule has 0 fully saturated rings. The fourth-order valence-electron chi connectivity index (χ4n) is 1.68. The van der Waals surface area contributed by atoms with Crippen molar-refractivity contribution in [1.29, 1.82) is 0 Å². The largest absolute Gasteiger partial charge is 0.469 e. The van der Waals surface area contributed by atoms with Gasteiger partial charge in [0, 0.05) is 12.1 Å².